The smallest absolute Gasteiger partial charge is 0.0110 e. The molecule has 0 aromatic rings. The molecular formula is C14H25N. The van der Waals surface area contributed by atoms with Gasteiger partial charge in [-0.2, -0.15) is 0 Å². The molecule has 15 heavy (non-hydrogen) atoms. The Hall–Kier alpha value is -0.720. The summed E-state index contributed by atoms with van der Waals surface area (Å²) < 4.78 is 0. The molecule has 0 radical (unpaired) electrons. The quantitative estimate of drug-likeness (QED) is 0.634. The van der Waals surface area contributed by atoms with E-state index in [1.807, 2.05) is 0 Å². The Balaban J connectivity index is 2.64. The first-order chi connectivity index (χ1) is 7.01. The lowest BCUT2D eigenvalue weighted by molar-refractivity contribution is 0.298. The first kappa shape index (κ1) is 12.4. The molecule has 1 aliphatic carbocycles. The van der Waals surface area contributed by atoms with Gasteiger partial charge in [0, 0.05) is 5.70 Å². The van der Waals surface area contributed by atoms with E-state index in [0.717, 1.165) is 12.1 Å². The van der Waals surface area contributed by atoms with E-state index < -0.39 is 0 Å². The van der Waals surface area contributed by atoms with E-state index in [0.29, 0.717) is 5.41 Å². The second kappa shape index (κ2) is 5.39. The second-order valence-electron chi connectivity index (χ2n) is 5.52. The molecule has 86 valence electrons. The maximum Gasteiger partial charge on any atom is 0.0110 e. The number of hydrogen-bond donors (Lipinski definition) is 1. The van der Waals surface area contributed by atoms with E-state index >= 15 is 0 Å². The van der Waals surface area contributed by atoms with Crippen molar-refractivity contribution in [3.63, 3.8) is 0 Å². The maximum atomic E-state index is 6.02. The third kappa shape index (κ3) is 4.55. The van der Waals surface area contributed by atoms with Gasteiger partial charge in [0.1, 0.15) is 0 Å². The van der Waals surface area contributed by atoms with Crippen LogP contribution in [0.3, 0.4) is 0 Å². The Bertz CT molecular complexity index is 259. The average Bonchev–Trinajstić information content (AvgIpc) is 2.19. The number of nitrogens with two attached hydrogens (primary N) is 1. The molecular weight excluding hydrogens is 182 g/mol. The fourth-order valence-electron chi connectivity index (χ4n) is 2.08. The third-order valence-corrected chi connectivity index (χ3v) is 3.41. The molecule has 0 heterocycles. The Labute approximate surface area is 94.4 Å². The highest BCUT2D eigenvalue weighted by molar-refractivity contribution is 5.21. The van der Waals surface area contributed by atoms with Crippen molar-refractivity contribution in [1.29, 1.82) is 0 Å². The van der Waals surface area contributed by atoms with Crippen molar-refractivity contribution >= 4 is 0 Å². The third-order valence-electron chi connectivity index (χ3n) is 3.41. The zero-order valence-electron chi connectivity index (χ0n) is 10.5. The van der Waals surface area contributed by atoms with Gasteiger partial charge in [0.15, 0.2) is 0 Å². The summed E-state index contributed by atoms with van der Waals surface area (Å²) in [5.74, 6) is 0. The highest BCUT2D eigenvalue weighted by Crippen LogP contribution is 2.30. The monoisotopic (exact) mass is 207 g/mol. The Morgan fingerprint density at radius 1 is 1.20 bits per heavy atom. The molecule has 2 N–H and O–H groups in total. The van der Waals surface area contributed by atoms with Gasteiger partial charge >= 0.3 is 0 Å². The van der Waals surface area contributed by atoms with Crippen LogP contribution < -0.4 is 5.73 Å². The van der Waals surface area contributed by atoms with Crippen molar-refractivity contribution in [1.82, 2.24) is 0 Å². The summed E-state index contributed by atoms with van der Waals surface area (Å²) in [6, 6.07) is 0. The highest BCUT2D eigenvalue weighted by atomic mass is 14.6. The van der Waals surface area contributed by atoms with Crippen molar-refractivity contribution in [2.75, 3.05) is 0 Å². The van der Waals surface area contributed by atoms with Crippen LogP contribution >= 0.6 is 0 Å². The van der Waals surface area contributed by atoms with Gasteiger partial charge in [-0.25, -0.2) is 0 Å². The molecule has 0 unspecified atom stereocenters. The van der Waals surface area contributed by atoms with Gasteiger partial charge in [0.25, 0.3) is 0 Å². The van der Waals surface area contributed by atoms with Gasteiger partial charge in [-0.05, 0) is 50.0 Å². The fourth-order valence-corrected chi connectivity index (χ4v) is 2.08. The number of allylic oxidation sites excluding steroid dienone is 4. The van der Waals surface area contributed by atoms with Crippen LogP contribution in [-0.4, -0.2) is 0 Å². The number of hydrogen-bond acceptors (Lipinski definition) is 1. The van der Waals surface area contributed by atoms with E-state index in [1.165, 1.54) is 37.7 Å². The average molecular weight is 207 g/mol. The van der Waals surface area contributed by atoms with E-state index in [-0.39, 0.29) is 0 Å². The topological polar surface area (TPSA) is 26.0 Å². The molecule has 0 fully saturated rings. The van der Waals surface area contributed by atoms with Crippen LogP contribution in [0.15, 0.2) is 23.4 Å². The summed E-state index contributed by atoms with van der Waals surface area (Å²) in [6.45, 7) is 6.87. The summed E-state index contributed by atoms with van der Waals surface area (Å²) in [5.41, 5.74) is 8.85. The lowest BCUT2D eigenvalue weighted by Crippen LogP contribution is -2.10. The molecule has 0 saturated carbocycles. The minimum atomic E-state index is 0.497. The molecule has 0 atom stereocenters. The summed E-state index contributed by atoms with van der Waals surface area (Å²) >= 11 is 0. The molecule has 1 heteroatoms. The van der Waals surface area contributed by atoms with Crippen molar-refractivity contribution < 1.29 is 0 Å². The Kier molecular flexibility index (Phi) is 4.44. The molecule has 0 aromatic heterocycles. The van der Waals surface area contributed by atoms with Gasteiger partial charge in [-0.15, -0.1) is 0 Å². The highest BCUT2D eigenvalue weighted by Gasteiger charge is 2.16. The molecule has 1 nitrogen and oxygen atoms in total. The number of rotatable bonds is 0. The van der Waals surface area contributed by atoms with Crippen molar-refractivity contribution in [3.05, 3.63) is 23.4 Å². The van der Waals surface area contributed by atoms with Gasteiger partial charge in [0.2, 0.25) is 0 Å². The predicted molar refractivity (Wildman–Crippen MR) is 67.5 cm³/mol. The molecule has 1 rings (SSSR count). The SMILES string of the molecule is CC1=C(\N)CCCCC(C)(C)CC/C=C\1. The van der Waals surface area contributed by atoms with Crippen molar-refractivity contribution in [2.24, 2.45) is 11.1 Å². The van der Waals surface area contributed by atoms with Crippen molar-refractivity contribution in [2.45, 2.75) is 59.3 Å². The summed E-state index contributed by atoms with van der Waals surface area (Å²) in [7, 11) is 0. The van der Waals surface area contributed by atoms with Gasteiger partial charge in [0.05, 0.1) is 0 Å². The van der Waals surface area contributed by atoms with Crippen LogP contribution in [0.4, 0.5) is 0 Å². The van der Waals surface area contributed by atoms with Gasteiger partial charge in [-0.3, -0.25) is 0 Å². The summed E-state index contributed by atoms with van der Waals surface area (Å²) in [5, 5.41) is 0. The van der Waals surface area contributed by atoms with Gasteiger partial charge < -0.3 is 5.73 Å². The predicted octanol–water partition coefficient (Wildman–Crippen LogP) is 4.16. The van der Waals surface area contributed by atoms with Crippen LogP contribution in [-0.2, 0) is 0 Å². The minimum absolute atomic E-state index is 0.497. The van der Waals surface area contributed by atoms with E-state index in [2.05, 4.69) is 32.9 Å². The molecule has 0 spiro atoms. The molecule has 0 aliphatic heterocycles. The Morgan fingerprint density at radius 2 is 1.93 bits per heavy atom. The maximum absolute atomic E-state index is 6.02. The summed E-state index contributed by atoms with van der Waals surface area (Å²) in [6.07, 6.45) is 11.9. The van der Waals surface area contributed by atoms with Crippen LogP contribution in [0, 0.1) is 5.41 Å². The second-order valence-corrected chi connectivity index (χ2v) is 5.52. The van der Waals surface area contributed by atoms with E-state index in [4.69, 9.17) is 5.73 Å². The van der Waals surface area contributed by atoms with Crippen LogP contribution in [0.2, 0.25) is 0 Å². The van der Waals surface area contributed by atoms with Crippen molar-refractivity contribution in [3.8, 4) is 0 Å². The molecule has 0 saturated heterocycles. The zero-order chi connectivity index (χ0) is 11.3. The molecule has 0 bridgehead atoms. The first-order valence-corrected chi connectivity index (χ1v) is 6.13. The zero-order valence-corrected chi connectivity index (χ0v) is 10.5. The van der Waals surface area contributed by atoms with Crippen LogP contribution in [0.25, 0.3) is 0 Å². The fraction of sp³-hybridized carbons (Fsp3) is 0.714. The lowest BCUT2D eigenvalue weighted by Gasteiger charge is -2.23. The molecule has 1 aliphatic rings. The first-order valence-electron chi connectivity index (χ1n) is 6.13. The molecule has 0 aromatic carbocycles. The van der Waals surface area contributed by atoms with Gasteiger partial charge in [-0.1, -0.05) is 32.4 Å². The minimum Gasteiger partial charge on any atom is -0.402 e. The van der Waals surface area contributed by atoms with Crippen LogP contribution in [0.5, 0.6) is 0 Å². The largest absolute Gasteiger partial charge is 0.402 e. The summed E-state index contributed by atoms with van der Waals surface area (Å²) in [4.78, 5) is 0. The normalized spacial score (nSPS) is 30.6. The van der Waals surface area contributed by atoms with Crippen LogP contribution in [0.1, 0.15) is 59.3 Å². The van der Waals surface area contributed by atoms with E-state index in [9.17, 15) is 0 Å². The Morgan fingerprint density at radius 3 is 2.67 bits per heavy atom. The van der Waals surface area contributed by atoms with E-state index in [1.54, 1.807) is 0 Å². The molecule has 0 amide bonds. The lowest BCUT2D eigenvalue weighted by atomic mass is 9.82. The standard InChI is InChI=1S/C14H25N/c1-12-8-4-6-10-14(2,3)11-7-5-9-13(12)15/h4,8H,5-7,9-11,15H2,1-3H3/b8-4-,13-12+.